The third kappa shape index (κ3) is 7.18. The molecule has 1 unspecified atom stereocenters. The Kier molecular flexibility index (Phi) is 8.79. The zero-order valence-electron chi connectivity index (χ0n) is 23.3. The van der Waals surface area contributed by atoms with Crippen LogP contribution in [-0.4, -0.2) is 88.3 Å². The number of carbonyl (C=O) groups is 5. The van der Waals surface area contributed by atoms with Crippen LogP contribution in [0.3, 0.4) is 0 Å². The molecule has 0 saturated carbocycles. The first kappa shape index (κ1) is 29.1. The van der Waals surface area contributed by atoms with E-state index in [0.29, 0.717) is 37.1 Å². The molecule has 11 nitrogen and oxygen atoms in total. The highest BCUT2D eigenvalue weighted by Crippen LogP contribution is 2.28. The van der Waals surface area contributed by atoms with Crippen LogP contribution >= 0.6 is 0 Å². The van der Waals surface area contributed by atoms with Gasteiger partial charge >= 0.3 is 6.09 Å². The lowest BCUT2D eigenvalue weighted by atomic mass is 10.0. The molecule has 4 rings (SSSR count). The molecule has 5 amide bonds. The third-order valence-corrected chi connectivity index (χ3v) is 7.13. The quantitative estimate of drug-likeness (QED) is 0.416. The third-order valence-electron chi connectivity index (χ3n) is 7.13. The molecule has 214 valence electrons. The van der Waals surface area contributed by atoms with Crippen molar-refractivity contribution in [1.29, 1.82) is 0 Å². The predicted octanol–water partition coefficient (Wildman–Crippen LogP) is 1.38. The van der Waals surface area contributed by atoms with Crippen molar-refractivity contribution in [3.05, 3.63) is 34.9 Å². The number of imide groups is 1. The van der Waals surface area contributed by atoms with Gasteiger partial charge in [-0.15, -0.1) is 0 Å². The number of nitrogens with two attached hydrogens (primary N) is 1. The van der Waals surface area contributed by atoms with Crippen molar-refractivity contribution in [3.8, 4) is 11.8 Å². The molecule has 1 atom stereocenters. The minimum absolute atomic E-state index is 0.0943. The van der Waals surface area contributed by atoms with Crippen molar-refractivity contribution in [2.45, 2.75) is 77.1 Å². The lowest BCUT2D eigenvalue weighted by molar-refractivity contribution is -0.137. The number of hydrogen-bond acceptors (Lipinski definition) is 7. The molecular formula is C29H37N5O6. The fourth-order valence-corrected chi connectivity index (χ4v) is 4.98. The zero-order valence-corrected chi connectivity index (χ0v) is 23.3. The van der Waals surface area contributed by atoms with Crippen LogP contribution in [0, 0.1) is 11.8 Å². The minimum Gasteiger partial charge on any atom is -0.444 e. The van der Waals surface area contributed by atoms with Gasteiger partial charge in [0, 0.05) is 56.2 Å². The Bertz CT molecular complexity index is 1250. The van der Waals surface area contributed by atoms with E-state index in [0.717, 1.165) is 18.4 Å². The molecule has 0 bridgehead atoms. The van der Waals surface area contributed by atoms with Gasteiger partial charge in [0.2, 0.25) is 17.7 Å². The summed E-state index contributed by atoms with van der Waals surface area (Å²) < 4.78 is 5.52. The highest BCUT2D eigenvalue weighted by Gasteiger charge is 2.39. The second-order valence-electron chi connectivity index (χ2n) is 11.4. The van der Waals surface area contributed by atoms with Crippen LogP contribution in [0.15, 0.2) is 18.2 Å². The van der Waals surface area contributed by atoms with E-state index in [4.69, 9.17) is 10.5 Å². The first-order valence-corrected chi connectivity index (χ1v) is 13.7. The van der Waals surface area contributed by atoms with Crippen LogP contribution < -0.4 is 11.1 Å². The summed E-state index contributed by atoms with van der Waals surface area (Å²) in [5, 5.41) is 2.30. The Balaban J connectivity index is 1.38. The van der Waals surface area contributed by atoms with Crippen LogP contribution in [0.25, 0.3) is 0 Å². The SMILES string of the molecule is CC(C)(C)OC(=O)N(CCC#Cc1ccc2c(c1)CN(C1CCC(=O)NC1=O)C2=O)CC(=O)N1CCC(N)CC1. The zero-order chi connectivity index (χ0) is 29.0. The molecule has 0 radical (unpaired) electrons. The standard InChI is InChI=1S/C29H37N5O6/c1-29(2,3)40-28(39)33(18-25(36)32-14-11-21(30)12-15-32)13-5-4-6-19-7-8-22-20(16-19)17-34(27(22)38)23-9-10-24(35)31-26(23)37/h7-8,16,21,23H,5,9-15,17-18,30H2,1-3H3,(H,31,35,37). The Morgan fingerprint density at radius 2 is 1.88 bits per heavy atom. The van der Waals surface area contributed by atoms with Crippen LogP contribution in [0.5, 0.6) is 0 Å². The average Bonchev–Trinajstić information content (AvgIpc) is 3.20. The molecule has 3 aliphatic heterocycles. The number of amides is 5. The molecular weight excluding hydrogens is 514 g/mol. The van der Waals surface area contributed by atoms with E-state index in [9.17, 15) is 24.0 Å². The first-order valence-electron chi connectivity index (χ1n) is 13.7. The Morgan fingerprint density at radius 3 is 2.55 bits per heavy atom. The normalized spacial score (nSPS) is 19.5. The van der Waals surface area contributed by atoms with E-state index in [1.807, 2.05) is 6.07 Å². The molecule has 1 aromatic carbocycles. The van der Waals surface area contributed by atoms with Crippen LogP contribution in [-0.2, 0) is 25.7 Å². The van der Waals surface area contributed by atoms with Crippen molar-refractivity contribution in [1.82, 2.24) is 20.0 Å². The van der Waals surface area contributed by atoms with Crippen molar-refractivity contribution < 1.29 is 28.7 Å². The Hall–Kier alpha value is -3.91. The molecule has 40 heavy (non-hydrogen) atoms. The molecule has 0 spiro atoms. The summed E-state index contributed by atoms with van der Waals surface area (Å²) in [6, 6.07) is 4.69. The summed E-state index contributed by atoms with van der Waals surface area (Å²) in [6.07, 6.45) is 1.73. The number of piperidine rings is 2. The average molecular weight is 552 g/mol. The number of likely N-dealkylation sites (tertiary alicyclic amines) is 1. The highest BCUT2D eigenvalue weighted by atomic mass is 16.6. The molecule has 11 heteroatoms. The predicted molar refractivity (Wildman–Crippen MR) is 146 cm³/mol. The number of nitrogens with one attached hydrogen (secondary N) is 1. The van der Waals surface area contributed by atoms with Crippen molar-refractivity contribution in [2.24, 2.45) is 5.73 Å². The van der Waals surface area contributed by atoms with E-state index in [2.05, 4.69) is 17.2 Å². The summed E-state index contributed by atoms with van der Waals surface area (Å²) >= 11 is 0. The number of rotatable bonds is 5. The van der Waals surface area contributed by atoms with Crippen LogP contribution in [0.1, 0.15) is 74.4 Å². The van der Waals surface area contributed by atoms with E-state index >= 15 is 0 Å². The maximum atomic E-state index is 12.9. The minimum atomic E-state index is -0.703. The molecule has 2 saturated heterocycles. The summed E-state index contributed by atoms with van der Waals surface area (Å²) in [7, 11) is 0. The van der Waals surface area contributed by atoms with Crippen molar-refractivity contribution >= 4 is 29.7 Å². The van der Waals surface area contributed by atoms with Gasteiger partial charge in [-0.3, -0.25) is 29.4 Å². The van der Waals surface area contributed by atoms with E-state index < -0.39 is 23.6 Å². The molecule has 3 N–H and O–H groups in total. The van der Waals surface area contributed by atoms with Gasteiger partial charge < -0.3 is 20.3 Å². The number of nitrogens with zero attached hydrogens (tertiary/aromatic N) is 3. The summed E-state index contributed by atoms with van der Waals surface area (Å²) in [5.41, 5.74) is 7.23. The van der Waals surface area contributed by atoms with Gasteiger partial charge in [0.15, 0.2) is 0 Å². The lowest BCUT2D eigenvalue weighted by Gasteiger charge is -2.32. The van der Waals surface area contributed by atoms with Gasteiger partial charge in [-0.25, -0.2) is 4.79 Å². The number of fused-ring (bicyclic) bond motifs is 1. The lowest BCUT2D eigenvalue weighted by Crippen LogP contribution is -2.52. The molecule has 0 aromatic heterocycles. The Morgan fingerprint density at radius 1 is 1.15 bits per heavy atom. The number of hydrogen-bond donors (Lipinski definition) is 2. The summed E-state index contributed by atoms with van der Waals surface area (Å²) in [6.45, 7) is 6.86. The monoisotopic (exact) mass is 551 g/mol. The number of benzene rings is 1. The molecule has 1 aromatic rings. The maximum absolute atomic E-state index is 12.9. The maximum Gasteiger partial charge on any atom is 0.410 e. The van der Waals surface area contributed by atoms with Crippen molar-refractivity contribution in [2.75, 3.05) is 26.2 Å². The van der Waals surface area contributed by atoms with Gasteiger partial charge in [0.1, 0.15) is 18.2 Å². The smallest absolute Gasteiger partial charge is 0.410 e. The topological polar surface area (TPSA) is 142 Å². The van der Waals surface area contributed by atoms with Gasteiger partial charge in [-0.05, 0) is 63.8 Å². The molecule has 3 heterocycles. The van der Waals surface area contributed by atoms with Crippen molar-refractivity contribution in [3.63, 3.8) is 0 Å². The highest BCUT2D eigenvalue weighted by molar-refractivity contribution is 6.05. The van der Waals surface area contributed by atoms with Gasteiger partial charge in [0.05, 0.1) is 0 Å². The molecule has 0 aliphatic carbocycles. The second kappa shape index (κ2) is 12.1. The van der Waals surface area contributed by atoms with Crippen LogP contribution in [0.4, 0.5) is 4.79 Å². The summed E-state index contributed by atoms with van der Waals surface area (Å²) in [5.74, 6) is 4.97. The van der Waals surface area contributed by atoms with Gasteiger partial charge in [-0.2, -0.15) is 0 Å². The van der Waals surface area contributed by atoms with E-state index in [1.54, 1.807) is 37.8 Å². The first-order chi connectivity index (χ1) is 18.9. The molecule has 2 fully saturated rings. The number of carbonyl (C=O) groups excluding carboxylic acids is 5. The number of ether oxygens (including phenoxy) is 1. The second-order valence-corrected chi connectivity index (χ2v) is 11.4. The van der Waals surface area contributed by atoms with Gasteiger partial charge in [0.25, 0.3) is 5.91 Å². The largest absolute Gasteiger partial charge is 0.444 e. The van der Waals surface area contributed by atoms with Gasteiger partial charge in [-0.1, -0.05) is 11.8 Å². The molecule has 3 aliphatic rings. The van der Waals surface area contributed by atoms with E-state index in [1.165, 1.54) is 9.80 Å². The summed E-state index contributed by atoms with van der Waals surface area (Å²) in [4.78, 5) is 67.0. The Labute approximate surface area is 234 Å². The fourth-order valence-electron chi connectivity index (χ4n) is 4.98. The van der Waals surface area contributed by atoms with E-state index in [-0.39, 0.29) is 49.8 Å². The fraction of sp³-hybridized carbons (Fsp3) is 0.552. The van der Waals surface area contributed by atoms with Crippen LogP contribution in [0.2, 0.25) is 0 Å².